The molecule has 0 radical (unpaired) electrons. The van der Waals surface area contributed by atoms with E-state index < -0.39 is 0 Å². The summed E-state index contributed by atoms with van der Waals surface area (Å²) in [5.74, 6) is 6.86. The van der Waals surface area contributed by atoms with Crippen LogP contribution in [0, 0.1) is 6.92 Å². The first-order chi connectivity index (χ1) is 9.26. The second-order valence-corrected chi connectivity index (χ2v) is 3.90. The summed E-state index contributed by atoms with van der Waals surface area (Å²) in [6.45, 7) is 2.62. The van der Waals surface area contributed by atoms with Gasteiger partial charge in [-0.1, -0.05) is 0 Å². The lowest BCUT2D eigenvalue weighted by Crippen LogP contribution is -2.12. The van der Waals surface area contributed by atoms with Crippen molar-refractivity contribution in [2.24, 2.45) is 5.84 Å². The molecule has 0 unspecified atom stereocenters. The Balaban J connectivity index is 2.18. The maximum Gasteiger partial charge on any atom is 0.205 e. The van der Waals surface area contributed by atoms with Gasteiger partial charge in [0.25, 0.3) is 0 Å². The molecule has 0 atom stereocenters. The van der Waals surface area contributed by atoms with Gasteiger partial charge in [-0.3, -0.25) is 4.98 Å². The number of aromatic nitrogens is 3. The van der Waals surface area contributed by atoms with Crippen LogP contribution in [-0.4, -0.2) is 22.1 Å². The molecule has 7 nitrogen and oxygen atoms in total. The number of nitrogens with zero attached hydrogens (tertiary/aromatic N) is 3. The fourth-order valence-corrected chi connectivity index (χ4v) is 1.66. The van der Waals surface area contributed by atoms with E-state index in [0.717, 1.165) is 11.1 Å². The molecule has 100 valence electrons. The summed E-state index contributed by atoms with van der Waals surface area (Å²) in [6, 6.07) is 1.96. The van der Waals surface area contributed by atoms with Gasteiger partial charge in [0.05, 0.1) is 7.11 Å². The number of nitrogens with one attached hydrogen (secondary N) is 2. The number of methoxy groups -OCH3 is 1. The van der Waals surface area contributed by atoms with Crippen LogP contribution >= 0.6 is 0 Å². The molecular formula is C12H16N6O. The van der Waals surface area contributed by atoms with Crippen molar-refractivity contribution in [1.82, 2.24) is 15.0 Å². The van der Waals surface area contributed by atoms with Gasteiger partial charge in [0, 0.05) is 18.9 Å². The molecule has 0 aliphatic rings. The van der Waals surface area contributed by atoms with Crippen molar-refractivity contribution < 1.29 is 4.74 Å². The van der Waals surface area contributed by atoms with Crippen molar-refractivity contribution in [3.8, 4) is 5.75 Å². The van der Waals surface area contributed by atoms with E-state index in [9.17, 15) is 0 Å². The lowest BCUT2D eigenvalue weighted by Gasteiger charge is -2.13. The number of hydrogen-bond donors (Lipinski definition) is 3. The summed E-state index contributed by atoms with van der Waals surface area (Å²) >= 11 is 0. The smallest absolute Gasteiger partial charge is 0.205 e. The minimum atomic E-state index is 0.433. The highest BCUT2D eigenvalue weighted by Gasteiger charge is 2.11. The lowest BCUT2D eigenvalue weighted by molar-refractivity contribution is 0.414. The maximum atomic E-state index is 5.37. The number of anilines is 2. The first kappa shape index (κ1) is 13.0. The molecule has 0 spiro atoms. The Morgan fingerprint density at radius 1 is 1.32 bits per heavy atom. The zero-order valence-corrected chi connectivity index (χ0v) is 10.8. The first-order valence-corrected chi connectivity index (χ1v) is 5.75. The van der Waals surface area contributed by atoms with E-state index in [2.05, 4.69) is 25.7 Å². The predicted molar refractivity (Wildman–Crippen MR) is 72.7 cm³/mol. The number of aryl methyl sites for hydroxylation is 1. The van der Waals surface area contributed by atoms with Crippen LogP contribution < -0.4 is 21.3 Å². The van der Waals surface area contributed by atoms with Crippen molar-refractivity contribution in [1.29, 1.82) is 0 Å². The molecule has 0 fully saturated rings. The van der Waals surface area contributed by atoms with Crippen LogP contribution in [0.25, 0.3) is 0 Å². The Hall–Kier alpha value is -2.41. The third-order valence-corrected chi connectivity index (χ3v) is 2.74. The molecule has 0 amide bonds. The highest BCUT2D eigenvalue weighted by atomic mass is 16.5. The topological polar surface area (TPSA) is 98.0 Å². The standard InChI is InChI=1S/C12H16N6O/c1-8-3-4-14-5-9(8)6-15-11-10(19-2)12(18-13)17-7-16-11/h3-5,7H,6,13H2,1-2H3,(H2,15,16,17,18). The number of ether oxygens (including phenoxy) is 1. The summed E-state index contributed by atoms with van der Waals surface area (Å²) in [5, 5.41) is 3.18. The zero-order valence-electron chi connectivity index (χ0n) is 10.8. The maximum absolute atomic E-state index is 5.37. The van der Waals surface area contributed by atoms with E-state index in [-0.39, 0.29) is 0 Å². The molecule has 7 heteroatoms. The van der Waals surface area contributed by atoms with Gasteiger partial charge in [-0.15, -0.1) is 0 Å². The van der Waals surface area contributed by atoms with E-state index in [1.165, 1.54) is 6.33 Å². The number of hydrogen-bond acceptors (Lipinski definition) is 7. The predicted octanol–water partition coefficient (Wildman–Crippen LogP) is 1.09. The molecule has 0 aliphatic carbocycles. The number of nitrogens with two attached hydrogens (primary N) is 1. The number of rotatable bonds is 5. The van der Waals surface area contributed by atoms with Crippen molar-refractivity contribution in [3.63, 3.8) is 0 Å². The van der Waals surface area contributed by atoms with Crippen LogP contribution in [0.3, 0.4) is 0 Å². The van der Waals surface area contributed by atoms with E-state index in [4.69, 9.17) is 10.6 Å². The Labute approximate surface area is 111 Å². The molecule has 4 N–H and O–H groups in total. The van der Waals surface area contributed by atoms with Gasteiger partial charge in [-0.05, 0) is 24.1 Å². The van der Waals surface area contributed by atoms with E-state index in [1.54, 1.807) is 13.3 Å². The molecular weight excluding hydrogens is 244 g/mol. The fraction of sp³-hybridized carbons (Fsp3) is 0.250. The Bertz CT molecular complexity index is 560. The molecule has 2 aromatic rings. The lowest BCUT2D eigenvalue weighted by atomic mass is 10.1. The largest absolute Gasteiger partial charge is 0.490 e. The Morgan fingerprint density at radius 2 is 2.11 bits per heavy atom. The van der Waals surface area contributed by atoms with Crippen LogP contribution in [0.5, 0.6) is 5.75 Å². The van der Waals surface area contributed by atoms with Gasteiger partial charge in [0.2, 0.25) is 5.75 Å². The van der Waals surface area contributed by atoms with Crippen molar-refractivity contribution in [2.45, 2.75) is 13.5 Å². The first-order valence-electron chi connectivity index (χ1n) is 5.75. The number of nitrogen functional groups attached to an aromatic ring is 1. The normalized spacial score (nSPS) is 10.1. The Morgan fingerprint density at radius 3 is 2.79 bits per heavy atom. The quantitative estimate of drug-likeness (QED) is 0.546. The minimum absolute atomic E-state index is 0.433. The summed E-state index contributed by atoms with van der Waals surface area (Å²) in [4.78, 5) is 12.2. The van der Waals surface area contributed by atoms with Crippen molar-refractivity contribution in [2.75, 3.05) is 17.9 Å². The zero-order chi connectivity index (χ0) is 13.7. The summed E-state index contributed by atoms with van der Waals surface area (Å²) in [5.41, 5.74) is 4.72. The summed E-state index contributed by atoms with van der Waals surface area (Å²) in [7, 11) is 1.54. The molecule has 0 aliphatic heterocycles. The highest BCUT2D eigenvalue weighted by molar-refractivity contribution is 5.63. The number of pyridine rings is 1. The van der Waals surface area contributed by atoms with E-state index >= 15 is 0 Å². The van der Waals surface area contributed by atoms with Crippen LogP contribution in [0.15, 0.2) is 24.8 Å². The molecule has 0 bridgehead atoms. The van der Waals surface area contributed by atoms with Crippen LogP contribution in [0.2, 0.25) is 0 Å². The van der Waals surface area contributed by atoms with Crippen LogP contribution in [0.4, 0.5) is 11.6 Å². The van der Waals surface area contributed by atoms with Crippen LogP contribution in [0.1, 0.15) is 11.1 Å². The highest BCUT2D eigenvalue weighted by Crippen LogP contribution is 2.28. The minimum Gasteiger partial charge on any atom is -0.490 e. The fourth-order valence-electron chi connectivity index (χ4n) is 1.66. The molecule has 2 rings (SSSR count). The second-order valence-electron chi connectivity index (χ2n) is 3.90. The van der Waals surface area contributed by atoms with Gasteiger partial charge in [0.1, 0.15) is 6.33 Å². The molecule has 19 heavy (non-hydrogen) atoms. The molecule has 0 saturated carbocycles. The molecule has 0 saturated heterocycles. The van der Waals surface area contributed by atoms with Gasteiger partial charge >= 0.3 is 0 Å². The molecule has 2 aromatic heterocycles. The van der Waals surface area contributed by atoms with Gasteiger partial charge < -0.3 is 15.5 Å². The SMILES string of the molecule is COc1c(NN)ncnc1NCc1cnccc1C. The number of hydrazine groups is 1. The average Bonchev–Trinajstić information content (AvgIpc) is 2.45. The van der Waals surface area contributed by atoms with Gasteiger partial charge in [-0.2, -0.15) is 0 Å². The third-order valence-electron chi connectivity index (χ3n) is 2.74. The second kappa shape index (κ2) is 5.96. The van der Waals surface area contributed by atoms with E-state index in [0.29, 0.717) is 23.9 Å². The molecule has 0 aromatic carbocycles. The summed E-state index contributed by atoms with van der Waals surface area (Å²) < 4.78 is 5.24. The monoisotopic (exact) mass is 260 g/mol. The van der Waals surface area contributed by atoms with E-state index in [1.807, 2.05) is 19.2 Å². The molecule has 2 heterocycles. The summed E-state index contributed by atoms with van der Waals surface area (Å²) in [6.07, 6.45) is 4.99. The van der Waals surface area contributed by atoms with Crippen molar-refractivity contribution >= 4 is 11.6 Å². The Kier molecular flexibility index (Phi) is 4.09. The van der Waals surface area contributed by atoms with Gasteiger partial charge in [0.15, 0.2) is 11.6 Å². The van der Waals surface area contributed by atoms with Crippen molar-refractivity contribution in [3.05, 3.63) is 35.9 Å². The van der Waals surface area contributed by atoms with Crippen LogP contribution in [-0.2, 0) is 6.54 Å². The average molecular weight is 260 g/mol. The van der Waals surface area contributed by atoms with Gasteiger partial charge in [-0.25, -0.2) is 15.8 Å². The third kappa shape index (κ3) is 2.89.